The Kier molecular flexibility index (Phi) is 3.95. The van der Waals surface area contributed by atoms with Crippen molar-refractivity contribution in [3.8, 4) is 0 Å². The van der Waals surface area contributed by atoms with E-state index in [1.807, 2.05) is 48.7 Å². The topological polar surface area (TPSA) is 20.3 Å². The van der Waals surface area contributed by atoms with E-state index in [1.165, 1.54) is 11.3 Å². The van der Waals surface area contributed by atoms with Crippen molar-refractivity contribution in [3.63, 3.8) is 0 Å². The van der Waals surface area contributed by atoms with Crippen molar-refractivity contribution in [2.24, 2.45) is 0 Å². The third-order valence-electron chi connectivity index (χ3n) is 2.68. The molecule has 1 aromatic carbocycles. The normalized spacial score (nSPS) is 10.1. The number of benzene rings is 1. The third kappa shape index (κ3) is 2.51. The van der Waals surface area contributed by atoms with Crippen molar-refractivity contribution in [2.45, 2.75) is 6.92 Å². The number of anilines is 1. The monoisotopic (exact) mass is 257 g/mol. The van der Waals surface area contributed by atoms with E-state index >= 15 is 0 Å². The highest BCUT2D eigenvalue weighted by Crippen LogP contribution is 2.22. The van der Waals surface area contributed by atoms with Crippen LogP contribution in [0.5, 0.6) is 0 Å². The summed E-state index contributed by atoms with van der Waals surface area (Å²) < 4.78 is 0. The van der Waals surface area contributed by atoms with Gasteiger partial charge in [0.2, 0.25) is 0 Å². The number of amides is 1. The molecular weight excluding hydrogens is 242 g/mol. The first-order valence-corrected chi connectivity index (χ1v) is 6.64. The average molecular weight is 257 g/mol. The van der Waals surface area contributed by atoms with Gasteiger partial charge in [-0.05, 0) is 36.1 Å². The van der Waals surface area contributed by atoms with Gasteiger partial charge in [0.05, 0.1) is 4.88 Å². The molecule has 18 heavy (non-hydrogen) atoms. The second kappa shape index (κ2) is 5.65. The molecule has 0 saturated heterocycles. The van der Waals surface area contributed by atoms with Crippen LogP contribution in [0.25, 0.3) is 0 Å². The highest BCUT2D eigenvalue weighted by molar-refractivity contribution is 7.12. The Morgan fingerprint density at radius 1 is 1.33 bits per heavy atom. The molecule has 0 bridgehead atoms. The van der Waals surface area contributed by atoms with Gasteiger partial charge in [0, 0.05) is 12.2 Å². The van der Waals surface area contributed by atoms with E-state index in [-0.39, 0.29) is 5.91 Å². The number of thiophene rings is 1. The molecule has 0 spiro atoms. The molecule has 0 unspecified atom stereocenters. The van der Waals surface area contributed by atoms with E-state index in [0.29, 0.717) is 6.54 Å². The maximum absolute atomic E-state index is 12.5. The predicted octanol–water partition coefficient (Wildman–Crippen LogP) is 3.89. The van der Waals surface area contributed by atoms with Gasteiger partial charge in [-0.15, -0.1) is 17.9 Å². The lowest BCUT2D eigenvalue weighted by molar-refractivity contribution is 0.0993. The van der Waals surface area contributed by atoms with Crippen LogP contribution >= 0.6 is 11.3 Å². The molecule has 0 aliphatic carbocycles. The summed E-state index contributed by atoms with van der Waals surface area (Å²) in [5.41, 5.74) is 1.92. The molecule has 2 nitrogen and oxygen atoms in total. The lowest BCUT2D eigenvalue weighted by Gasteiger charge is -2.21. The minimum Gasteiger partial charge on any atom is -0.304 e. The Labute approximate surface area is 111 Å². The molecular formula is C15H15NOS. The number of hydrogen-bond donors (Lipinski definition) is 0. The van der Waals surface area contributed by atoms with Gasteiger partial charge < -0.3 is 4.90 Å². The van der Waals surface area contributed by atoms with E-state index < -0.39 is 0 Å². The summed E-state index contributed by atoms with van der Waals surface area (Å²) in [6.07, 6.45) is 1.74. The smallest absolute Gasteiger partial charge is 0.268 e. The fourth-order valence-electron chi connectivity index (χ4n) is 1.76. The fourth-order valence-corrected chi connectivity index (χ4v) is 2.63. The van der Waals surface area contributed by atoms with E-state index in [0.717, 1.165) is 16.1 Å². The molecule has 0 N–H and O–H groups in total. The predicted molar refractivity (Wildman–Crippen MR) is 77.4 cm³/mol. The van der Waals surface area contributed by atoms with E-state index in [2.05, 4.69) is 6.58 Å². The van der Waals surface area contributed by atoms with Crippen LogP contribution in [-0.2, 0) is 0 Å². The summed E-state index contributed by atoms with van der Waals surface area (Å²) in [4.78, 5) is 15.0. The zero-order valence-electron chi connectivity index (χ0n) is 10.3. The lowest BCUT2D eigenvalue weighted by Crippen LogP contribution is -2.30. The third-order valence-corrected chi connectivity index (χ3v) is 3.69. The number of rotatable bonds is 4. The summed E-state index contributed by atoms with van der Waals surface area (Å²) in [5.74, 6) is 0.0357. The maximum atomic E-state index is 12.5. The molecule has 92 valence electrons. The zero-order chi connectivity index (χ0) is 13.0. The summed E-state index contributed by atoms with van der Waals surface area (Å²) in [6.45, 7) is 6.19. The second-order valence-electron chi connectivity index (χ2n) is 3.97. The van der Waals surface area contributed by atoms with Gasteiger partial charge in [0.25, 0.3) is 5.91 Å². The van der Waals surface area contributed by atoms with Crippen molar-refractivity contribution in [3.05, 3.63) is 64.9 Å². The lowest BCUT2D eigenvalue weighted by atomic mass is 10.2. The number of carbonyl (C=O) groups excluding carboxylic acids is 1. The first kappa shape index (κ1) is 12.6. The molecule has 2 rings (SSSR count). The van der Waals surface area contributed by atoms with Crippen molar-refractivity contribution < 1.29 is 4.79 Å². The fraction of sp³-hybridized carbons (Fsp3) is 0.133. The average Bonchev–Trinajstić information content (AvgIpc) is 2.82. The molecule has 0 aliphatic rings. The number of nitrogens with zero attached hydrogens (tertiary/aromatic N) is 1. The number of para-hydroxylation sites is 1. The standard InChI is InChI=1S/C15H15NOS/c1-3-10-16(13-7-5-4-6-8-13)15(17)14-12(2)9-11-18-14/h3-9,11H,1,10H2,2H3. The van der Waals surface area contributed by atoms with Gasteiger partial charge in [-0.3, -0.25) is 4.79 Å². The van der Waals surface area contributed by atoms with Crippen molar-refractivity contribution in [1.82, 2.24) is 0 Å². The van der Waals surface area contributed by atoms with Crippen LogP contribution in [0.1, 0.15) is 15.2 Å². The molecule has 0 aliphatic heterocycles. The highest BCUT2D eigenvalue weighted by atomic mass is 32.1. The summed E-state index contributed by atoms with van der Waals surface area (Å²) >= 11 is 1.48. The van der Waals surface area contributed by atoms with Gasteiger partial charge in [-0.2, -0.15) is 0 Å². The van der Waals surface area contributed by atoms with Crippen molar-refractivity contribution in [2.75, 3.05) is 11.4 Å². The molecule has 0 fully saturated rings. The Hall–Kier alpha value is -1.87. The van der Waals surface area contributed by atoms with Crippen LogP contribution in [0.4, 0.5) is 5.69 Å². The first-order valence-electron chi connectivity index (χ1n) is 5.76. The molecule has 0 radical (unpaired) electrons. The minimum atomic E-state index is 0.0357. The molecule has 1 heterocycles. The summed E-state index contributed by atoms with van der Waals surface area (Å²) in [6, 6.07) is 11.6. The van der Waals surface area contributed by atoms with Gasteiger partial charge in [0.15, 0.2) is 0 Å². The van der Waals surface area contributed by atoms with E-state index in [1.54, 1.807) is 11.0 Å². The van der Waals surface area contributed by atoms with Crippen molar-refractivity contribution in [1.29, 1.82) is 0 Å². The van der Waals surface area contributed by atoms with Gasteiger partial charge in [0.1, 0.15) is 0 Å². The second-order valence-corrected chi connectivity index (χ2v) is 4.89. The number of carbonyl (C=O) groups is 1. The molecule has 3 heteroatoms. The van der Waals surface area contributed by atoms with Gasteiger partial charge >= 0.3 is 0 Å². The molecule has 1 aromatic heterocycles. The molecule has 2 aromatic rings. The van der Waals surface area contributed by atoms with Crippen LogP contribution in [0, 0.1) is 6.92 Å². The number of hydrogen-bond acceptors (Lipinski definition) is 2. The number of aryl methyl sites for hydroxylation is 1. The Balaban J connectivity index is 2.34. The quantitative estimate of drug-likeness (QED) is 0.761. The van der Waals surface area contributed by atoms with Crippen LogP contribution in [0.15, 0.2) is 54.4 Å². The first-order chi connectivity index (χ1) is 8.74. The SMILES string of the molecule is C=CCN(C(=O)c1sccc1C)c1ccccc1. The van der Waals surface area contributed by atoms with Crippen LogP contribution < -0.4 is 4.90 Å². The van der Waals surface area contributed by atoms with Crippen molar-refractivity contribution >= 4 is 22.9 Å². The highest BCUT2D eigenvalue weighted by Gasteiger charge is 2.18. The van der Waals surface area contributed by atoms with E-state index in [4.69, 9.17) is 0 Å². The molecule has 0 saturated carbocycles. The zero-order valence-corrected chi connectivity index (χ0v) is 11.1. The molecule has 1 amide bonds. The minimum absolute atomic E-state index is 0.0357. The largest absolute Gasteiger partial charge is 0.304 e. The summed E-state index contributed by atoms with van der Waals surface area (Å²) in [7, 11) is 0. The maximum Gasteiger partial charge on any atom is 0.268 e. The van der Waals surface area contributed by atoms with Gasteiger partial charge in [-0.1, -0.05) is 24.3 Å². The van der Waals surface area contributed by atoms with Crippen LogP contribution in [0.2, 0.25) is 0 Å². The Morgan fingerprint density at radius 2 is 2.06 bits per heavy atom. The van der Waals surface area contributed by atoms with Gasteiger partial charge in [-0.25, -0.2) is 0 Å². The Morgan fingerprint density at radius 3 is 2.61 bits per heavy atom. The molecule has 0 atom stereocenters. The van der Waals surface area contributed by atoms with Crippen LogP contribution in [0.3, 0.4) is 0 Å². The van der Waals surface area contributed by atoms with E-state index in [9.17, 15) is 4.79 Å². The Bertz CT molecular complexity index is 545. The summed E-state index contributed by atoms with van der Waals surface area (Å²) in [5, 5.41) is 1.94. The van der Waals surface area contributed by atoms with Crippen LogP contribution in [-0.4, -0.2) is 12.5 Å².